The van der Waals surface area contributed by atoms with Crippen LogP contribution in [0.25, 0.3) is 0 Å². The number of hydrogen-bond donors (Lipinski definition) is 2. The number of ether oxygens (including phenoxy) is 2. The third kappa shape index (κ3) is 5.83. The van der Waals surface area contributed by atoms with Crippen molar-refractivity contribution in [2.75, 3.05) is 18.6 Å². The van der Waals surface area contributed by atoms with Gasteiger partial charge >= 0.3 is 6.03 Å². The zero-order chi connectivity index (χ0) is 22.1. The summed E-state index contributed by atoms with van der Waals surface area (Å²) in [4.78, 5) is 25.4. The van der Waals surface area contributed by atoms with E-state index in [2.05, 4.69) is 10.5 Å². The molecule has 0 saturated carbocycles. The average molecular weight is 418 g/mol. The van der Waals surface area contributed by atoms with E-state index in [-0.39, 0.29) is 12.5 Å². The quantitative estimate of drug-likeness (QED) is 0.432. The maximum absolute atomic E-state index is 13.1. The Morgan fingerprint density at radius 2 is 1.58 bits per heavy atom. The number of para-hydroxylation sites is 2. The van der Waals surface area contributed by atoms with E-state index in [1.807, 2.05) is 60.7 Å². The molecule has 0 aromatic heterocycles. The summed E-state index contributed by atoms with van der Waals surface area (Å²) in [6.07, 6.45) is 1.41. The van der Waals surface area contributed by atoms with Crippen LogP contribution in [0.4, 0.5) is 16.2 Å². The molecule has 0 spiro atoms. The Balaban J connectivity index is 1.76. The molecule has 3 aromatic carbocycles. The highest BCUT2D eigenvalue weighted by Gasteiger charge is 2.19. The third-order valence-electron chi connectivity index (χ3n) is 4.21. The molecule has 3 N–H and O–H groups in total. The van der Waals surface area contributed by atoms with Crippen LogP contribution >= 0.6 is 0 Å². The summed E-state index contributed by atoms with van der Waals surface area (Å²) in [6.45, 7) is -0.198. The number of carbonyl (C=O) groups excluding carboxylic acids is 2. The molecule has 3 rings (SSSR count). The van der Waals surface area contributed by atoms with Gasteiger partial charge < -0.3 is 15.2 Å². The van der Waals surface area contributed by atoms with Gasteiger partial charge in [0.1, 0.15) is 0 Å². The van der Waals surface area contributed by atoms with Crippen molar-refractivity contribution in [3.05, 3.63) is 84.4 Å². The molecule has 0 bridgehead atoms. The van der Waals surface area contributed by atoms with E-state index in [9.17, 15) is 9.59 Å². The molecule has 0 radical (unpaired) electrons. The van der Waals surface area contributed by atoms with Crippen LogP contribution in [0.2, 0.25) is 0 Å². The minimum absolute atomic E-state index is 0.198. The van der Waals surface area contributed by atoms with Crippen LogP contribution in [-0.4, -0.2) is 31.9 Å². The Bertz CT molecular complexity index is 1020. The summed E-state index contributed by atoms with van der Waals surface area (Å²) in [6, 6.07) is 23.0. The van der Waals surface area contributed by atoms with Crippen molar-refractivity contribution in [3.63, 3.8) is 0 Å². The van der Waals surface area contributed by atoms with Crippen LogP contribution in [0.3, 0.4) is 0 Å². The van der Waals surface area contributed by atoms with E-state index in [0.717, 1.165) is 11.4 Å². The summed E-state index contributed by atoms with van der Waals surface area (Å²) in [5, 5.41) is 3.70. The van der Waals surface area contributed by atoms with E-state index in [4.69, 9.17) is 15.2 Å². The Labute approximate surface area is 179 Å². The van der Waals surface area contributed by atoms with Crippen LogP contribution in [0.15, 0.2) is 84.0 Å². The van der Waals surface area contributed by atoms with Crippen LogP contribution in [0.5, 0.6) is 11.5 Å². The first-order valence-corrected chi connectivity index (χ1v) is 9.41. The molecule has 31 heavy (non-hydrogen) atoms. The summed E-state index contributed by atoms with van der Waals surface area (Å²) in [5.41, 5.74) is 9.21. The van der Waals surface area contributed by atoms with Crippen LogP contribution in [-0.2, 0) is 4.79 Å². The maximum Gasteiger partial charge on any atom is 0.332 e. The monoisotopic (exact) mass is 418 g/mol. The molecule has 8 heteroatoms. The first-order chi connectivity index (χ1) is 15.1. The topological polar surface area (TPSA) is 106 Å². The molecule has 0 atom stereocenters. The third-order valence-corrected chi connectivity index (χ3v) is 4.21. The molecule has 3 amide bonds. The fourth-order valence-electron chi connectivity index (χ4n) is 2.85. The van der Waals surface area contributed by atoms with Gasteiger partial charge in [-0.3, -0.25) is 9.69 Å². The second-order valence-electron chi connectivity index (χ2n) is 6.33. The molecule has 0 saturated heterocycles. The number of rotatable bonds is 8. The molecule has 3 aromatic rings. The SMILES string of the molecule is COc1cc(C=NNC(N)=O)ccc1OCC(=O)N(c1ccccc1)c1ccccc1. The summed E-state index contributed by atoms with van der Waals surface area (Å²) < 4.78 is 11.1. The molecule has 0 aliphatic rings. The van der Waals surface area contributed by atoms with E-state index >= 15 is 0 Å². The summed E-state index contributed by atoms with van der Waals surface area (Å²) >= 11 is 0. The number of hydrogen-bond acceptors (Lipinski definition) is 5. The first kappa shape index (κ1) is 21.4. The summed E-state index contributed by atoms with van der Waals surface area (Å²) in [7, 11) is 1.49. The largest absolute Gasteiger partial charge is 0.493 e. The number of anilines is 2. The summed E-state index contributed by atoms with van der Waals surface area (Å²) in [5.74, 6) is 0.578. The number of nitrogens with zero attached hydrogens (tertiary/aromatic N) is 2. The van der Waals surface area contributed by atoms with Gasteiger partial charge in [0.2, 0.25) is 0 Å². The second kappa shape index (κ2) is 10.4. The van der Waals surface area contributed by atoms with Gasteiger partial charge in [-0.25, -0.2) is 10.2 Å². The number of hydrazone groups is 1. The lowest BCUT2D eigenvalue weighted by Crippen LogP contribution is -2.30. The van der Waals surface area contributed by atoms with E-state index in [0.29, 0.717) is 17.1 Å². The van der Waals surface area contributed by atoms with Crippen molar-refractivity contribution in [1.82, 2.24) is 5.43 Å². The highest BCUT2D eigenvalue weighted by atomic mass is 16.5. The number of urea groups is 1. The number of methoxy groups -OCH3 is 1. The van der Waals surface area contributed by atoms with Crippen LogP contribution in [0, 0.1) is 0 Å². The molecule has 0 aliphatic heterocycles. The zero-order valence-electron chi connectivity index (χ0n) is 16.9. The molecule has 8 nitrogen and oxygen atoms in total. The van der Waals surface area contributed by atoms with Gasteiger partial charge in [0.15, 0.2) is 18.1 Å². The molecule has 0 heterocycles. The van der Waals surface area contributed by atoms with Gasteiger partial charge in [0.05, 0.1) is 13.3 Å². The fourth-order valence-corrected chi connectivity index (χ4v) is 2.85. The van der Waals surface area contributed by atoms with Crippen molar-refractivity contribution < 1.29 is 19.1 Å². The normalized spacial score (nSPS) is 10.5. The van der Waals surface area contributed by atoms with Gasteiger partial charge in [0.25, 0.3) is 5.91 Å². The Morgan fingerprint density at radius 3 is 2.13 bits per heavy atom. The number of carbonyl (C=O) groups is 2. The lowest BCUT2D eigenvalue weighted by molar-refractivity contribution is -0.119. The lowest BCUT2D eigenvalue weighted by Gasteiger charge is -2.23. The molecule has 0 aliphatic carbocycles. The molecular weight excluding hydrogens is 396 g/mol. The fraction of sp³-hybridized carbons (Fsp3) is 0.0870. The highest BCUT2D eigenvalue weighted by molar-refractivity contribution is 6.01. The Morgan fingerprint density at radius 1 is 0.968 bits per heavy atom. The molecule has 0 unspecified atom stereocenters. The van der Waals surface area contributed by atoms with Gasteiger partial charge in [0, 0.05) is 11.4 Å². The Hall–Kier alpha value is -4.33. The van der Waals surface area contributed by atoms with E-state index in [1.54, 1.807) is 23.1 Å². The van der Waals surface area contributed by atoms with Crippen molar-refractivity contribution in [2.45, 2.75) is 0 Å². The van der Waals surface area contributed by atoms with Crippen LogP contribution < -0.4 is 25.5 Å². The minimum atomic E-state index is -0.761. The lowest BCUT2D eigenvalue weighted by atomic mass is 10.2. The Kier molecular flexibility index (Phi) is 7.21. The van der Waals surface area contributed by atoms with Crippen molar-refractivity contribution in [3.8, 4) is 11.5 Å². The van der Waals surface area contributed by atoms with Gasteiger partial charge in [-0.15, -0.1) is 0 Å². The van der Waals surface area contributed by atoms with E-state index in [1.165, 1.54) is 13.3 Å². The number of primary amides is 1. The van der Waals surface area contributed by atoms with Crippen molar-refractivity contribution >= 4 is 29.5 Å². The average Bonchev–Trinajstić information content (AvgIpc) is 2.79. The second-order valence-corrected chi connectivity index (χ2v) is 6.33. The van der Waals surface area contributed by atoms with Crippen molar-refractivity contribution in [2.24, 2.45) is 10.8 Å². The molecular formula is C23H22N4O4. The van der Waals surface area contributed by atoms with Crippen molar-refractivity contribution in [1.29, 1.82) is 0 Å². The number of amides is 3. The van der Waals surface area contributed by atoms with Crippen LogP contribution in [0.1, 0.15) is 5.56 Å². The minimum Gasteiger partial charge on any atom is -0.493 e. The molecule has 0 fully saturated rings. The smallest absolute Gasteiger partial charge is 0.332 e. The number of benzene rings is 3. The maximum atomic E-state index is 13.1. The predicted molar refractivity (Wildman–Crippen MR) is 119 cm³/mol. The standard InChI is InChI=1S/C23H22N4O4/c1-30-21-14-17(15-25-26-23(24)29)12-13-20(21)31-16-22(28)27(18-8-4-2-5-9-18)19-10-6-3-7-11-19/h2-15H,16H2,1H3,(H3,24,26,29). The van der Waals surface area contributed by atoms with E-state index < -0.39 is 6.03 Å². The number of nitrogens with two attached hydrogens (primary N) is 1. The zero-order valence-corrected chi connectivity index (χ0v) is 16.9. The number of nitrogens with one attached hydrogen (secondary N) is 1. The van der Waals surface area contributed by atoms with Gasteiger partial charge in [-0.1, -0.05) is 36.4 Å². The van der Waals surface area contributed by atoms with Gasteiger partial charge in [-0.2, -0.15) is 5.10 Å². The molecule has 158 valence electrons. The van der Waals surface area contributed by atoms with Gasteiger partial charge in [-0.05, 0) is 48.0 Å². The first-order valence-electron chi connectivity index (χ1n) is 9.41. The highest BCUT2D eigenvalue weighted by Crippen LogP contribution is 2.29. The predicted octanol–water partition coefficient (Wildman–Crippen LogP) is 3.44.